The first-order chi connectivity index (χ1) is 6.08. The van der Waals surface area contributed by atoms with Gasteiger partial charge in [-0.15, -0.1) is 0 Å². The molecule has 3 N–H and O–H groups in total. The normalized spacial score (nSPS) is 30.1. The van der Waals surface area contributed by atoms with Crippen LogP contribution in [-0.2, 0) is 4.79 Å². The lowest BCUT2D eigenvalue weighted by Gasteiger charge is -2.23. The third-order valence-electron chi connectivity index (χ3n) is 2.57. The molecule has 0 bridgehead atoms. The van der Waals surface area contributed by atoms with Crippen LogP contribution in [-0.4, -0.2) is 36.8 Å². The Morgan fingerprint density at radius 3 is 2.92 bits per heavy atom. The SMILES string of the molecule is C[C@@H](CO)NC(=O)C1(C)CCNC1. The van der Waals surface area contributed by atoms with Crippen LogP contribution < -0.4 is 10.6 Å². The summed E-state index contributed by atoms with van der Waals surface area (Å²) in [5.41, 5.74) is -0.288. The van der Waals surface area contributed by atoms with Crippen molar-refractivity contribution in [2.45, 2.75) is 26.3 Å². The molecule has 0 saturated carbocycles. The van der Waals surface area contributed by atoms with Crippen molar-refractivity contribution in [1.82, 2.24) is 10.6 Å². The van der Waals surface area contributed by atoms with Gasteiger partial charge >= 0.3 is 0 Å². The number of nitrogens with one attached hydrogen (secondary N) is 2. The van der Waals surface area contributed by atoms with Gasteiger partial charge in [-0.2, -0.15) is 0 Å². The third kappa shape index (κ3) is 2.42. The van der Waals surface area contributed by atoms with Gasteiger partial charge in [-0.3, -0.25) is 4.79 Å². The van der Waals surface area contributed by atoms with Crippen molar-refractivity contribution in [1.29, 1.82) is 0 Å². The first kappa shape index (κ1) is 10.5. The molecule has 2 atom stereocenters. The van der Waals surface area contributed by atoms with Crippen molar-refractivity contribution in [2.75, 3.05) is 19.7 Å². The summed E-state index contributed by atoms with van der Waals surface area (Å²) in [6.07, 6.45) is 0.872. The van der Waals surface area contributed by atoms with Crippen LogP contribution in [0.1, 0.15) is 20.3 Å². The van der Waals surface area contributed by atoms with Gasteiger partial charge in [0.15, 0.2) is 0 Å². The second-order valence-electron chi connectivity index (χ2n) is 4.04. The highest BCUT2D eigenvalue weighted by molar-refractivity contribution is 5.83. The van der Waals surface area contributed by atoms with E-state index in [0.717, 1.165) is 19.5 Å². The van der Waals surface area contributed by atoms with E-state index in [4.69, 9.17) is 5.11 Å². The van der Waals surface area contributed by atoms with E-state index in [1.807, 2.05) is 6.92 Å². The molecule has 1 aliphatic rings. The van der Waals surface area contributed by atoms with E-state index < -0.39 is 0 Å². The van der Waals surface area contributed by atoms with Crippen LogP contribution in [0.4, 0.5) is 0 Å². The van der Waals surface area contributed by atoms with Crippen LogP contribution in [0, 0.1) is 5.41 Å². The fraction of sp³-hybridized carbons (Fsp3) is 0.889. The standard InChI is InChI=1S/C9H18N2O2/c1-7(5-12)11-8(13)9(2)3-4-10-6-9/h7,10,12H,3-6H2,1-2H3,(H,11,13)/t7-,9?/m0/s1. The van der Waals surface area contributed by atoms with E-state index in [2.05, 4.69) is 10.6 Å². The van der Waals surface area contributed by atoms with Gasteiger partial charge in [0.1, 0.15) is 0 Å². The number of aliphatic hydroxyl groups is 1. The number of amides is 1. The van der Waals surface area contributed by atoms with Gasteiger partial charge in [0.05, 0.1) is 12.0 Å². The molecule has 4 heteroatoms. The molecule has 1 aliphatic heterocycles. The maximum Gasteiger partial charge on any atom is 0.227 e. The minimum atomic E-state index is -0.288. The molecular weight excluding hydrogens is 168 g/mol. The molecule has 13 heavy (non-hydrogen) atoms. The van der Waals surface area contributed by atoms with E-state index in [1.54, 1.807) is 6.92 Å². The zero-order valence-corrected chi connectivity index (χ0v) is 8.26. The highest BCUT2D eigenvalue weighted by atomic mass is 16.3. The van der Waals surface area contributed by atoms with Crippen molar-refractivity contribution in [2.24, 2.45) is 5.41 Å². The van der Waals surface area contributed by atoms with E-state index in [-0.39, 0.29) is 24.0 Å². The fourth-order valence-corrected chi connectivity index (χ4v) is 1.45. The molecule has 0 spiro atoms. The first-order valence-corrected chi connectivity index (χ1v) is 4.71. The lowest BCUT2D eigenvalue weighted by atomic mass is 9.88. The maximum atomic E-state index is 11.7. The number of carbonyl (C=O) groups excluding carboxylic acids is 1. The summed E-state index contributed by atoms with van der Waals surface area (Å²) in [7, 11) is 0. The summed E-state index contributed by atoms with van der Waals surface area (Å²) in [4.78, 5) is 11.7. The molecule has 76 valence electrons. The number of hydrogen-bond acceptors (Lipinski definition) is 3. The van der Waals surface area contributed by atoms with Crippen LogP contribution in [0.3, 0.4) is 0 Å². The number of carbonyl (C=O) groups is 1. The van der Waals surface area contributed by atoms with Crippen molar-refractivity contribution in [3.63, 3.8) is 0 Å². The van der Waals surface area contributed by atoms with Gasteiger partial charge in [-0.05, 0) is 26.8 Å². The second kappa shape index (κ2) is 4.07. The minimum absolute atomic E-state index is 0.00471. The highest BCUT2D eigenvalue weighted by Gasteiger charge is 2.36. The lowest BCUT2D eigenvalue weighted by Crippen LogP contribution is -2.45. The Labute approximate surface area is 78.7 Å². The topological polar surface area (TPSA) is 61.4 Å². The average Bonchev–Trinajstić information content (AvgIpc) is 2.53. The molecule has 1 amide bonds. The Hall–Kier alpha value is -0.610. The average molecular weight is 186 g/mol. The zero-order valence-electron chi connectivity index (χ0n) is 8.26. The Morgan fingerprint density at radius 1 is 1.77 bits per heavy atom. The monoisotopic (exact) mass is 186 g/mol. The van der Waals surface area contributed by atoms with E-state index in [1.165, 1.54) is 0 Å². The number of aliphatic hydroxyl groups excluding tert-OH is 1. The molecular formula is C9H18N2O2. The molecule has 0 aromatic heterocycles. The molecule has 1 saturated heterocycles. The zero-order chi connectivity index (χ0) is 9.90. The number of hydrogen-bond donors (Lipinski definition) is 3. The molecule has 0 aliphatic carbocycles. The summed E-state index contributed by atoms with van der Waals surface area (Å²) in [6.45, 7) is 5.37. The summed E-state index contributed by atoms with van der Waals surface area (Å²) in [5.74, 6) is 0.0408. The Balaban J connectivity index is 2.46. The molecule has 0 radical (unpaired) electrons. The lowest BCUT2D eigenvalue weighted by molar-refractivity contribution is -0.130. The molecule has 1 fully saturated rings. The van der Waals surface area contributed by atoms with Crippen molar-refractivity contribution >= 4 is 5.91 Å². The first-order valence-electron chi connectivity index (χ1n) is 4.71. The molecule has 1 heterocycles. The third-order valence-corrected chi connectivity index (χ3v) is 2.57. The predicted octanol–water partition coefficient (Wildman–Crippen LogP) is -0.517. The van der Waals surface area contributed by atoms with Crippen LogP contribution in [0.5, 0.6) is 0 Å². The summed E-state index contributed by atoms with van der Waals surface area (Å²) in [6, 6.07) is -0.148. The second-order valence-corrected chi connectivity index (χ2v) is 4.04. The van der Waals surface area contributed by atoms with Crippen LogP contribution in [0.25, 0.3) is 0 Å². The Bertz CT molecular complexity index is 188. The molecule has 0 aromatic rings. The van der Waals surface area contributed by atoms with E-state index in [9.17, 15) is 4.79 Å². The van der Waals surface area contributed by atoms with Gasteiger partial charge in [0.2, 0.25) is 5.91 Å². The van der Waals surface area contributed by atoms with Gasteiger partial charge in [0, 0.05) is 12.6 Å². The van der Waals surface area contributed by atoms with Gasteiger partial charge in [-0.1, -0.05) is 0 Å². The fourth-order valence-electron chi connectivity index (χ4n) is 1.45. The van der Waals surface area contributed by atoms with Crippen LogP contribution in [0.2, 0.25) is 0 Å². The summed E-state index contributed by atoms with van der Waals surface area (Å²) >= 11 is 0. The van der Waals surface area contributed by atoms with Crippen LogP contribution in [0.15, 0.2) is 0 Å². The van der Waals surface area contributed by atoms with Crippen molar-refractivity contribution < 1.29 is 9.90 Å². The molecule has 1 unspecified atom stereocenters. The molecule has 4 nitrogen and oxygen atoms in total. The highest BCUT2D eigenvalue weighted by Crippen LogP contribution is 2.24. The summed E-state index contributed by atoms with van der Waals surface area (Å²) in [5, 5.41) is 14.7. The Morgan fingerprint density at radius 2 is 2.46 bits per heavy atom. The van der Waals surface area contributed by atoms with Crippen molar-refractivity contribution in [3.05, 3.63) is 0 Å². The number of rotatable bonds is 3. The molecule has 1 rings (SSSR count). The van der Waals surface area contributed by atoms with Crippen molar-refractivity contribution in [3.8, 4) is 0 Å². The largest absolute Gasteiger partial charge is 0.394 e. The minimum Gasteiger partial charge on any atom is -0.394 e. The van der Waals surface area contributed by atoms with Gasteiger partial charge in [0.25, 0.3) is 0 Å². The van der Waals surface area contributed by atoms with E-state index in [0.29, 0.717) is 0 Å². The van der Waals surface area contributed by atoms with Crippen LogP contribution >= 0.6 is 0 Å². The quantitative estimate of drug-likeness (QED) is 0.556. The van der Waals surface area contributed by atoms with Gasteiger partial charge in [-0.25, -0.2) is 0 Å². The Kier molecular flexibility index (Phi) is 3.27. The maximum absolute atomic E-state index is 11.7. The molecule has 0 aromatic carbocycles. The summed E-state index contributed by atoms with van der Waals surface area (Å²) < 4.78 is 0. The smallest absolute Gasteiger partial charge is 0.227 e. The van der Waals surface area contributed by atoms with Gasteiger partial charge < -0.3 is 15.7 Å². The van der Waals surface area contributed by atoms with E-state index >= 15 is 0 Å². The predicted molar refractivity (Wildman–Crippen MR) is 50.3 cm³/mol.